The first-order valence-electron chi connectivity index (χ1n) is 10.7. The van der Waals surface area contributed by atoms with Gasteiger partial charge in [0.05, 0.1) is 12.2 Å². The molecule has 0 heterocycles. The fraction of sp³-hybridized carbons (Fsp3) is 1.00. The summed E-state index contributed by atoms with van der Waals surface area (Å²) in [6.07, 6.45) is 7.48. The predicted octanol–water partition coefficient (Wildman–Crippen LogP) is 6.02. The van der Waals surface area contributed by atoms with Crippen LogP contribution in [-0.4, -0.2) is 37.8 Å². The first-order chi connectivity index (χ1) is 12.2. The molecule has 4 heteroatoms. The molecule has 2 aliphatic carbocycles. The van der Waals surface area contributed by atoms with Gasteiger partial charge >= 0.3 is 0 Å². The Balaban J connectivity index is 1.65. The van der Waals surface area contributed by atoms with Crippen molar-refractivity contribution >= 4 is 0 Å². The highest BCUT2D eigenvalue weighted by Crippen LogP contribution is 2.34. The van der Waals surface area contributed by atoms with E-state index in [1.54, 1.807) is 0 Å². The largest absolute Gasteiger partial charge is 0.375 e. The topological polar surface area (TPSA) is 18.5 Å². The van der Waals surface area contributed by atoms with Crippen LogP contribution in [0.4, 0.5) is 8.78 Å². The third-order valence-corrected chi connectivity index (χ3v) is 6.04. The highest BCUT2D eigenvalue weighted by molar-refractivity contribution is 4.90. The third kappa shape index (κ3) is 6.78. The van der Waals surface area contributed by atoms with Crippen LogP contribution in [0.15, 0.2) is 0 Å². The van der Waals surface area contributed by atoms with Crippen molar-refractivity contribution in [3.8, 4) is 0 Å². The molecule has 2 aliphatic rings. The molecule has 0 aliphatic heterocycles. The minimum atomic E-state index is -1.54. The highest BCUT2D eigenvalue weighted by Gasteiger charge is 2.41. The number of halogens is 2. The predicted molar refractivity (Wildman–Crippen MR) is 98.4 cm³/mol. The van der Waals surface area contributed by atoms with E-state index in [0.717, 1.165) is 25.2 Å². The number of hydrogen-bond acceptors (Lipinski definition) is 2. The normalized spacial score (nSPS) is 36.5. The van der Waals surface area contributed by atoms with Gasteiger partial charge in [-0.2, -0.15) is 0 Å². The number of rotatable bonds is 10. The Hall–Kier alpha value is -0.220. The molecule has 4 unspecified atom stereocenters. The summed E-state index contributed by atoms with van der Waals surface area (Å²) >= 11 is 0. The molecule has 2 fully saturated rings. The third-order valence-electron chi connectivity index (χ3n) is 6.04. The zero-order valence-electron chi connectivity index (χ0n) is 16.2. The van der Waals surface area contributed by atoms with Crippen LogP contribution < -0.4 is 0 Å². The van der Waals surface area contributed by atoms with Crippen LogP contribution in [0.25, 0.3) is 0 Å². The van der Waals surface area contributed by atoms with Crippen molar-refractivity contribution in [3.63, 3.8) is 0 Å². The van der Waals surface area contributed by atoms with Gasteiger partial charge in [-0.1, -0.05) is 52.4 Å². The SMILES string of the molecule is CCCCCOC1CCC(OCC2CCC(CCC)CC2)C(F)C1F. The van der Waals surface area contributed by atoms with Crippen molar-refractivity contribution in [2.24, 2.45) is 11.8 Å². The molecule has 0 bridgehead atoms. The zero-order valence-corrected chi connectivity index (χ0v) is 16.2. The van der Waals surface area contributed by atoms with Gasteiger partial charge in [0.25, 0.3) is 0 Å². The lowest BCUT2D eigenvalue weighted by Gasteiger charge is -2.36. The molecule has 148 valence electrons. The lowest BCUT2D eigenvalue weighted by atomic mass is 9.80. The number of unbranched alkanes of at least 4 members (excludes halogenated alkanes) is 2. The van der Waals surface area contributed by atoms with Crippen molar-refractivity contribution in [1.82, 2.24) is 0 Å². The Morgan fingerprint density at radius 1 is 0.720 bits per heavy atom. The van der Waals surface area contributed by atoms with Crippen LogP contribution in [0, 0.1) is 11.8 Å². The molecule has 0 spiro atoms. The molecule has 2 rings (SSSR count). The summed E-state index contributed by atoms with van der Waals surface area (Å²) in [5.41, 5.74) is 0. The van der Waals surface area contributed by atoms with E-state index in [4.69, 9.17) is 9.47 Å². The van der Waals surface area contributed by atoms with Gasteiger partial charge in [-0.15, -0.1) is 0 Å². The van der Waals surface area contributed by atoms with Crippen LogP contribution in [0.2, 0.25) is 0 Å². The Labute approximate surface area is 153 Å². The molecule has 2 saturated carbocycles. The molecule has 0 radical (unpaired) electrons. The minimum absolute atomic E-state index is 0.529. The van der Waals surface area contributed by atoms with Crippen LogP contribution >= 0.6 is 0 Å². The van der Waals surface area contributed by atoms with Gasteiger partial charge in [0.15, 0.2) is 12.3 Å². The molecule has 0 aromatic carbocycles. The smallest absolute Gasteiger partial charge is 0.160 e. The van der Waals surface area contributed by atoms with E-state index in [0.29, 0.717) is 32.0 Å². The fourth-order valence-electron chi connectivity index (χ4n) is 4.35. The Kier molecular flexibility index (Phi) is 9.69. The molecular formula is C21H38F2O2. The van der Waals surface area contributed by atoms with Crippen molar-refractivity contribution in [2.75, 3.05) is 13.2 Å². The quantitative estimate of drug-likeness (QED) is 0.443. The van der Waals surface area contributed by atoms with Crippen molar-refractivity contribution in [3.05, 3.63) is 0 Å². The molecule has 25 heavy (non-hydrogen) atoms. The fourth-order valence-corrected chi connectivity index (χ4v) is 4.35. The van der Waals surface area contributed by atoms with Gasteiger partial charge in [-0.05, 0) is 43.9 Å². The van der Waals surface area contributed by atoms with E-state index in [1.807, 2.05) is 0 Å². The van der Waals surface area contributed by atoms with E-state index < -0.39 is 24.6 Å². The standard InChI is InChI=1S/C21H38F2O2/c1-3-5-6-14-24-18-12-13-19(21(23)20(18)22)25-15-17-10-8-16(7-4-2)9-11-17/h16-21H,3-15H2,1-2H3. The first kappa shape index (κ1) is 21.1. The summed E-state index contributed by atoms with van der Waals surface area (Å²) in [7, 11) is 0. The van der Waals surface area contributed by atoms with E-state index in [9.17, 15) is 8.78 Å². The molecule has 2 nitrogen and oxygen atoms in total. The number of hydrogen-bond donors (Lipinski definition) is 0. The lowest BCUT2D eigenvalue weighted by Crippen LogP contribution is -2.47. The summed E-state index contributed by atoms with van der Waals surface area (Å²) < 4.78 is 40.1. The van der Waals surface area contributed by atoms with Gasteiger partial charge in [0, 0.05) is 13.2 Å². The number of alkyl halides is 2. The van der Waals surface area contributed by atoms with Crippen LogP contribution in [0.1, 0.15) is 84.5 Å². The molecule has 4 atom stereocenters. The average molecular weight is 361 g/mol. The van der Waals surface area contributed by atoms with Crippen LogP contribution in [0.3, 0.4) is 0 Å². The zero-order chi connectivity index (χ0) is 18.1. The maximum absolute atomic E-state index is 14.4. The second kappa shape index (κ2) is 11.5. The summed E-state index contributed by atoms with van der Waals surface area (Å²) in [6, 6.07) is 0. The number of ether oxygens (including phenoxy) is 2. The van der Waals surface area contributed by atoms with Crippen LogP contribution in [-0.2, 0) is 9.47 Å². The van der Waals surface area contributed by atoms with Crippen molar-refractivity contribution in [1.29, 1.82) is 0 Å². The maximum Gasteiger partial charge on any atom is 0.160 e. The summed E-state index contributed by atoms with van der Waals surface area (Å²) in [5, 5.41) is 0. The van der Waals surface area contributed by atoms with Crippen LogP contribution in [0.5, 0.6) is 0 Å². The van der Waals surface area contributed by atoms with Gasteiger partial charge in [0.2, 0.25) is 0 Å². The summed E-state index contributed by atoms with van der Waals surface area (Å²) in [5.74, 6) is 1.40. The van der Waals surface area contributed by atoms with Gasteiger partial charge in [-0.25, -0.2) is 8.78 Å². The molecule has 0 aromatic rings. The minimum Gasteiger partial charge on any atom is -0.375 e. The average Bonchev–Trinajstić information content (AvgIpc) is 2.63. The molecular weight excluding hydrogens is 322 g/mol. The van der Waals surface area contributed by atoms with Gasteiger partial charge in [-0.3, -0.25) is 0 Å². The van der Waals surface area contributed by atoms with E-state index in [2.05, 4.69) is 13.8 Å². The summed E-state index contributed by atoms with van der Waals surface area (Å²) in [6.45, 7) is 5.50. The Morgan fingerprint density at radius 3 is 1.92 bits per heavy atom. The van der Waals surface area contributed by atoms with E-state index in [1.165, 1.54) is 38.5 Å². The molecule has 0 saturated heterocycles. The van der Waals surface area contributed by atoms with Crippen molar-refractivity contribution in [2.45, 2.75) is 109 Å². The second-order valence-corrected chi connectivity index (χ2v) is 8.13. The van der Waals surface area contributed by atoms with Gasteiger partial charge in [0.1, 0.15) is 0 Å². The first-order valence-corrected chi connectivity index (χ1v) is 10.7. The molecule has 0 aromatic heterocycles. The summed E-state index contributed by atoms with van der Waals surface area (Å²) in [4.78, 5) is 0. The Bertz CT molecular complexity index is 345. The second-order valence-electron chi connectivity index (χ2n) is 8.13. The van der Waals surface area contributed by atoms with E-state index >= 15 is 0 Å². The van der Waals surface area contributed by atoms with Gasteiger partial charge < -0.3 is 9.47 Å². The lowest BCUT2D eigenvalue weighted by molar-refractivity contribution is -0.124. The monoisotopic (exact) mass is 360 g/mol. The maximum atomic E-state index is 14.4. The van der Waals surface area contributed by atoms with E-state index in [-0.39, 0.29) is 0 Å². The molecule has 0 N–H and O–H groups in total. The van der Waals surface area contributed by atoms with Crippen molar-refractivity contribution < 1.29 is 18.3 Å². The highest BCUT2D eigenvalue weighted by atomic mass is 19.2. The molecule has 0 amide bonds. The Morgan fingerprint density at radius 2 is 1.32 bits per heavy atom.